The van der Waals surface area contributed by atoms with Crippen LogP contribution in [-0.2, 0) is 11.8 Å². The molecule has 1 atom stereocenters. The number of carbonyl (C=O) groups excluding carboxylic acids is 1. The van der Waals surface area contributed by atoms with E-state index in [4.69, 9.17) is 11.6 Å². The Balaban J connectivity index is 1.34. The molecule has 0 spiro atoms. The zero-order valence-electron chi connectivity index (χ0n) is 20.0. The van der Waals surface area contributed by atoms with Crippen LogP contribution in [0.25, 0.3) is 10.9 Å². The molecule has 0 unspecified atom stereocenters. The van der Waals surface area contributed by atoms with E-state index < -0.39 is 4.92 Å². The SMILES string of the molecule is Cn1cc([C@H](CC(=O)N2CCN(c3ccc([N+](=O)[O-])cc3)CC2)c2ccc(Cl)cc2)c2ccccc21. The zero-order chi connectivity index (χ0) is 25.2. The average Bonchev–Trinajstić information content (AvgIpc) is 3.24. The maximum absolute atomic E-state index is 13.5. The van der Waals surface area contributed by atoms with Crippen LogP contribution in [0, 0.1) is 10.1 Å². The Kier molecular flexibility index (Phi) is 6.65. The van der Waals surface area contributed by atoms with Gasteiger partial charge in [-0.25, -0.2) is 0 Å². The Morgan fingerprint density at radius 1 is 0.972 bits per heavy atom. The lowest BCUT2D eigenvalue weighted by Gasteiger charge is -2.36. The van der Waals surface area contributed by atoms with Crippen molar-refractivity contribution in [1.29, 1.82) is 0 Å². The number of piperazine rings is 1. The molecule has 0 bridgehead atoms. The highest BCUT2D eigenvalue weighted by molar-refractivity contribution is 6.30. The fourth-order valence-electron chi connectivity index (χ4n) is 5.06. The Morgan fingerprint density at radius 2 is 1.64 bits per heavy atom. The Labute approximate surface area is 214 Å². The van der Waals surface area contributed by atoms with Crippen LogP contribution in [0.15, 0.2) is 79.0 Å². The van der Waals surface area contributed by atoms with Crippen molar-refractivity contribution in [3.05, 3.63) is 105 Å². The van der Waals surface area contributed by atoms with E-state index in [9.17, 15) is 14.9 Å². The number of hydrogen-bond acceptors (Lipinski definition) is 4. The standard InChI is InChI=1S/C28H27ClN4O3/c1-30-19-26(24-4-2-3-5-27(24)30)25(20-6-8-21(29)9-7-20)18-28(34)32-16-14-31(15-17-32)22-10-12-23(13-11-22)33(35)36/h2-13,19,25H,14-18H2,1H3/t25-/m1/s1. The smallest absolute Gasteiger partial charge is 0.269 e. The summed E-state index contributed by atoms with van der Waals surface area (Å²) in [5.74, 6) is 0.0276. The Bertz CT molecular complexity index is 1390. The quantitative estimate of drug-likeness (QED) is 0.254. The van der Waals surface area contributed by atoms with Crippen molar-refractivity contribution in [2.45, 2.75) is 12.3 Å². The highest BCUT2D eigenvalue weighted by Crippen LogP contribution is 2.35. The minimum absolute atomic E-state index is 0.0780. The van der Waals surface area contributed by atoms with Gasteiger partial charge < -0.3 is 14.4 Å². The topological polar surface area (TPSA) is 71.6 Å². The fourth-order valence-corrected chi connectivity index (χ4v) is 5.18. The van der Waals surface area contributed by atoms with Gasteiger partial charge in [-0.05, 0) is 41.5 Å². The number of para-hydroxylation sites is 1. The number of halogens is 1. The minimum atomic E-state index is -0.395. The molecule has 2 heterocycles. The highest BCUT2D eigenvalue weighted by atomic mass is 35.5. The van der Waals surface area contributed by atoms with Crippen molar-refractivity contribution in [1.82, 2.24) is 9.47 Å². The Morgan fingerprint density at radius 3 is 2.31 bits per heavy atom. The lowest BCUT2D eigenvalue weighted by molar-refractivity contribution is -0.384. The van der Waals surface area contributed by atoms with Crippen LogP contribution in [0.2, 0.25) is 5.02 Å². The molecule has 1 aromatic heterocycles. The molecule has 4 aromatic rings. The molecule has 8 heteroatoms. The minimum Gasteiger partial charge on any atom is -0.368 e. The van der Waals surface area contributed by atoms with Crippen LogP contribution in [0.4, 0.5) is 11.4 Å². The van der Waals surface area contributed by atoms with E-state index in [0.29, 0.717) is 37.6 Å². The summed E-state index contributed by atoms with van der Waals surface area (Å²) in [4.78, 5) is 28.1. The van der Waals surface area contributed by atoms with E-state index in [1.807, 2.05) is 48.3 Å². The van der Waals surface area contributed by atoms with Gasteiger partial charge in [0.25, 0.3) is 5.69 Å². The van der Waals surface area contributed by atoms with Gasteiger partial charge in [-0.2, -0.15) is 0 Å². The molecule has 36 heavy (non-hydrogen) atoms. The number of amides is 1. The summed E-state index contributed by atoms with van der Waals surface area (Å²) in [6.07, 6.45) is 2.50. The molecule has 5 rings (SSSR count). The second kappa shape index (κ2) is 10.0. The average molecular weight is 503 g/mol. The number of nitrogens with zero attached hydrogens (tertiary/aromatic N) is 4. The van der Waals surface area contributed by atoms with Gasteiger partial charge in [-0.3, -0.25) is 14.9 Å². The molecule has 184 valence electrons. The second-order valence-electron chi connectivity index (χ2n) is 9.16. The fraction of sp³-hybridized carbons (Fsp3) is 0.250. The first-order chi connectivity index (χ1) is 17.4. The number of aryl methyl sites for hydroxylation is 1. The van der Waals surface area contributed by atoms with Crippen molar-refractivity contribution in [3.8, 4) is 0 Å². The van der Waals surface area contributed by atoms with Gasteiger partial charge in [0.1, 0.15) is 0 Å². The summed E-state index contributed by atoms with van der Waals surface area (Å²) in [6, 6.07) is 22.6. The lowest BCUT2D eigenvalue weighted by Crippen LogP contribution is -2.49. The monoisotopic (exact) mass is 502 g/mol. The summed E-state index contributed by atoms with van der Waals surface area (Å²) in [5.41, 5.74) is 4.34. The van der Waals surface area contributed by atoms with E-state index in [1.165, 1.54) is 12.1 Å². The van der Waals surface area contributed by atoms with Crippen molar-refractivity contribution in [3.63, 3.8) is 0 Å². The number of fused-ring (bicyclic) bond motifs is 1. The molecule has 0 N–H and O–H groups in total. The van der Waals surface area contributed by atoms with Gasteiger partial charge in [0.15, 0.2) is 0 Å². The number of hydrogen-bond donors (Lipinski definition) is 0. The first kappa shape index (κ1) is 23.9. The molecule has 0 saturated carbocycles. The predicted molar refractivity (Wildman–Crippen MR) is 143 cm³/mol. The molecule has 1 fully saturated rings. The molecule has 0 aliphatic carbocycles. The summed E-state index contributed by atoms with van der Waals surface area (Å²) < 4.78 is 2.11. The molecule has 1 saturated heterocycles. The number of benzene rings is 3. The van der Waals surface area contributed by atoms with Crippen LogP contribution in [0.5, 0.6) is 0 Å². The van der Waals surface area contributed by atoms with Crippen LogP contribution < -0.4 is 4.90 Å². The van der Waals surface area contributed by atoms with E-state index in [0.717, 1.165) is 27.7 Å². The molecular weight excluding hydrogens is 476 g/mol. The van der Waals surface area contributed by atoms with Crippen LogP contribution in [-0.4, -0.2) is 46.5 Å². The molecule has 3 aromatic carbocycles. The third-order valence-corrected chi connectivity index (χ3v) is 7.26. The summed E-state index contributed by atoms with van der Waals surface area (Å²) >= 11 is 6.16. The maximum atomic E-state index is 13.5. The normalized spacial score (nSPS) is 14.7. The van der Waals surface area contributed by atoms with Gasteiger partial charge in [-0.1, -0.05) is 41.9 Å². The lowest BCUT2D eigenvalue weighted by atomic mass is 9.87. The van der Waals surface area contributed by atoms with Crippen molar-refractivity contribution >= 4 is 39.8 Å². The van der Waals surface area contributed by atoms with Gasteiger partial charge in [0, 0.05) is 85.5 Å². The molecule has 0 radical (unpaired) electrons. The summed E-state index contributed by atoms with van der Waals surface area (Å²) in [5, 5.41) is 12.7. The van der Waals surface area contributed by atoms with E-state index in [1.54, 1.807) is 12.1 Å². The number of rotatable bonds is 6. The number of non-ortho nitro benzene ring substituents is 1. The zero-order valence-corrected chi connectivity index (χ0v) is 20.8. The van der Waals surface area contributed by atoms with Gasteiger partial charge >= 0.3 is 0 Å². The summed E-state index contributed by atoms with van der Waals surface area (Å²) in [6.45, 7) is 2.59. The molecule has 1 aliphatic rings. The van der Waals surface area contributed by atoms with Gasteiger partial charge in [0.2, 0.25) is 5.91 Å². The third-order valence-electron chi connectivity index (χ3n) is 7.01. The predicted octanol–water partition coefficient (Wildman–Crippen LogP) is 5.61. The van der Waals surface area contributed by atoms with E-state index in [2.05, 4.69) is 27.8 Å². The molecule has 1 aliphatic heterocycles. The molecular formula is C28H27ClN4O3. The van der Waals surface area contributed by atoms with Crippen LogP contribution in [0.3, 0.4) is 0 Å². The Hall–Kier alpha value is -3.84. The number of aromatic nitrogens is 1. The largest absolute Gasteiger partial charge is 0.368 e. The van der Waals surface area contributed by atoms with Crippen molar-refractivity contribution in [2.24, 2.45) is 7.05 Å². The summed E-state index contributed by atoms with van der Waals surface area (Å²) in [7, 11) is 2.03. The van der Waals surface area contributed by atoms with E-state index >= 15 is 0 Å². The molecule has 7 nitrogen and oxygen atoms in total. The highest BCUT2D eigenvalue weighted by Gasteiger charge is 2.27. The van der Waals surface area contributed by atoms with Crippen LogP contribution in [0.1, 0.15) is 23.5 Å². The maximum Gasteiger partial charge on any atom is 0.269 e. The second-order valence-corrected chi connectivity index (χ2v) is 9.60. The van der Waals surface area contributed by atoms with Crippen molar-refractivity contribution < 1.29 is 9.72 Å². The van der Waals surface area contributed by atoms with Crippen molar-refractivity contribution in [2.75, 3.05) is 31.1 Å². The van der Waals surface area contributed by atoms with Crippen LogP contribution >= 0.6 is 11.6 Å². The first-order valence-electron chi connectivity index (χ1n) is 12.0. The van der Waals surface area contributed by atoms with E-state index in [-0.39, 0.29) is 17.5 Å². The number of nitro groups is 1. The third kappa shape index (κ3) is 4.79. The van der Waals surface area contributed by atoms with Gasteiger partial charge in [-0.15, -0.1) is 0 Å². The van der Waals surface area contributed by atoms with Gasteiger partial charge in [0.05, 0.1) is 4.92 Å². The number of carbonyl (C=O) groups is 1. The first-order valence-corrected chi connectivity index (χ1v) is 12.3. The molecule has 1 amide bonds. The number of nitro benzene ring substituents is 1. The number of anilines is 1.